The van der Waals surface area contributed by atoms with Gasteiger partial charge >= 0.3 is 0 Å². The summed E-state index contributed by atoms with van der Waals surface area (Å²) in [5.74, 6) is 0.517. The molecule has 1 amide bonds. The van der Waals surface area contributed by atoms with E-state index in [1.165, 1.54) is 0 Å². The fourth-order valence-electron chi connectivity index (χ4n) is 1.62. The zero-order valence-corrected chi connectivity index (χ0v) is 9.93. The lowest BCUT2D eigenvalue weighted by atomic mass is 10.1. The van der Waals surface area contributed by atoms with Crippen LogP contribution in [-0.4, -0.2) is 37.7 Å². The molecule has 88 valence electrons. The Balaban J connectivity index is 2.25. The summed E-state index contributed by atoms with van der Waals surface area (Å²) < 4.78 is 5.64. The van der Waals surface area contributed by atoms with E-state index in [4.69, 9.17) is 4.74 Å². The van der Waals surface area contributed by atoms with E-state index in [9.17, 15) is 4.79 Å². The predicted octanol–water partition coefficient (Wildman–Crippen LogP) is 0.527. The number of amides is 1. The molecule has 4 heteroatoms. The van der Waals surface area contributed by atoms with Gasteiger partial charge in [0, 0.05) is 26.1 Å². The molecule has 1 aliphatic heterocycles. The zero-order chi connectivity index (χ0) is 11.3. The first kappa shape index (κ1) is 12.5. The highest BCUT2D eigenvalue weighted by Crippen LogP contribution is 2.11. The highest BCUT2D eigenvalue weighted by Gasteiger charge is 2.28. The van der Waals surface area contributed by atoms with Crippen LogP contribution in [0.2, 0.25) is 0 Å². The number of hydrogen-bond donors (Lipinski definition) is 2. The lowest BCUT2D eigenvalue weighted by Crippen LogP contribution is -2.54. The van der Waals surface area contributed by atoms with Crippen LogP contribution < -0.4 is 10.6 Å². The van der Waals surface area contributed by atoms with E-state index in [0.29, 0.717) is 18.9 Å². The summed E-state index contributed by atoms with van der Waals surface area (Å²) in [6.07, 6.45) is 0.587. The van der Waals surface area contributed by atoms with Gasteiger partial charge in [-0.25, -0.2) is 0 Å². The van der Waals surface area contributed by atoms with Gasteiger partial charge in [0.1, 0.15) is 0 Å². The van der Waals surface area contributed by atoms with E-state index in [-0.39, 0.29) is 11.5 Å². The van der Waals surface area contributed by atoms with Crippen molar-refractivity contribution in [3.8, 4) is 0 Å². The van der Waals surface area contributed by atoms with Crippen LogP contribution in [0, 0.1) is 5.92 Å². The SMILES string of the molecule is CC(C)CC(=O)NCC1(C)CNCCO1. The summed E-state index contributed by atoms with van der Waals surface area (Å²) in [7, 11) is 0. The molecule has 0 spiro atoms. The van der Waals surface area contributed by atoms with Gasteiger partial charge in [0.2, 0.25) is 5.91 Å². The van der Waals surface area contributed by atoms with E-state index in [0.717, 1.165) is 19.7 Å². The second kappa shape index (κ2) is 5.47. The van der Waals surface area contributed by atoms with Crippen molar-refractivity contribution < 1.29 is 9.53 Å². The molecule has 1 saturated heterocycles. The number of nitrogens with one attached hydrogen (secondary N) is 2. The minimum atomic E-state index is -0.245. The van der Waals surface area contributed by atoms with Crippen molar-refractivity contribution in [3.63, 3.8) is 0 Å². The fraction of sp³-hybridized carbons (Fsp3) is 0.909. The summed E-state index contributed by atoms with van der Waals surface area (Å²) >= 11 is 0. The Hall–Kier alpha value is -0.610. The van der Waals surface area contributed by atoms with Crippen molar-refractivity contribution >= 4 is 5.91 Å². The second-order valence-corrected chi connectivity index (χ2v) is 4.85. The Bertz CT molecular complexity index is 211. The first-order chi connectivity index (χ1) is 7.02. The van der Waals surface area contributed by atoms with E-state index in [2.05, 4.69) is 10.6 Å². The Morgan fingerprint density at radius 1 is 1.60 bits per heavy atom. The highest BCUT2D eigenvalue weighted by atomic mass is 16.5. The lowest BCUT2D eigenvalue weighted by molar-refractivity contribution is -0.124. The Kier molecular flexibility index (Phi) is 4.54. The molecule has 1 unspecified atom stereocenters. The van der Waals surface area contributed by atoms with Gasteiger partial charge in [-0.1, -0.05) is 13.8 Å². The van der Waals surface area contributed by atoms with E-state index >= 15 is 0 Å². The molecule has 0 bridgehead atoms. The van der Waals surface area contributed by atoms with Gasteiger partial charge in [-0.05, 0) is 12.8 Å². The molecule has 1 fully saturated rings. The second-order valence-electron chi connectivity index (χ2n) is 4.85. The molecule has 0 aromatic heterocycles. The molecule has 4 nitrogen and oxygen atoms in total. The summed E-state index contributed by atoms with van der Waals surface area (Å²) in [5, 5.41) is 6.18. The number of hydrogen-bond acceptors (Lipinski definition) is 3. The van der Waals surface area contributed by atoms with Gasteiger partial charge in [-0.15, -0.1) is 0 Å². The largest absolute Gasteiger partial charge is 0.371 e. The van der Waals surface area contributed by atoms with E-state index in [1.807, 2.05) is 20.8 Å². The summed E-state index contributed by atoms with van der Waals surface area (Å²) in [5.41, 5.74) is -0.245. The molecule has 0 radical (unpaired) electrons. The summed E-state index contributed by atoms with van der Waals surface area (Å²) in [6, 6.07) is 0. The Labute approximate surface area is 91.8 Å². The number of rotatable bonds is 4. The monoisotopic (exact) mass is 214 g/mol. The molecule has 0 aliphatic carbocycles. The fourth-order valence-corrected chi connectivity index (χ4v) is 1.62. The molecule has 0 aromatic rings. The van der Waals surface area contributed by atoms with E-state index in [1.54, 1.807) is 0 Å². The van der Waals surface area contributed by atoms with Crippen LogP contribution in [0.3, 0.4) is 0 Å². The highest BCUT2D eigenvalue weighted by molar-refractivity contribution is 5.76. The minimum Gasteiger partial charge on any atom is -0.371 e. The molecule has 1 heterocycles. The number of carbonyl (C=O) groups is 1. The number of carbonyl (C=O) groups excluding carboxylic acids is 1. The standard InChI is InChI=1S/C11H22N2O2/c1-9(2)6-10(14)13-8-11(3)7-12-4-5-15-11/h9,12H,4-8H2,1-3H3,(H,13,14). The van der Waals surface area contributed by atoms with Crippen molar-refractivity contribution in [3.05, 3.63) is 0 Å². The molecule has 0 aromatic carbocycles. The number of morpholine rings is 1. The summed E-state index contributed by atoms with van der Waals surface area (Å²) in [4.78, 5) is 11.5. The maximum atomic E-state index is 11.5. The zero-order valence-electron chi connectivity index (χ0n) is 9.93. The van der Waals surface area contributed by atoms with Crippen molar-refractivity contribution in [2.75, 3.05) is 26.2 Å². The molecule has 1 atom stereocenters. The van der Waals surface area contributed by atoms with Crippen molar-refractivity contribution in [1.29, 1.82) is 0 Å². The maximum Gasteiger partial charge on any atom is 0.220 e. The van der Waals surface area contributed by atoms with Gasteiger partial charge in [0.25, 0.3) is 0 Å². The van der Waals surface area contributed by atoms with Gasteiger partial charge in [-0.2, -0.15) is 0 Å². The average molecular weight is 214 g/mol. The lowest BCUT2D eigenvalue weighted by Gasteiger charge is -2.34. The Morgan fingerprint density at radius 3 is 2.87 bits per heavy atom. The van der Waals surface area contributed by atoms with Crippen LogP contribution >= 0.6 is 0 Å². The minimum absolute atomic E-state index is 0.111. The van der Waals surface area contributed by atoms with Gasteiger partial charge in [0.05, 0.1) is 12.2 Å². The third-order valence-electron chi connectivity index (χ3n) is 2.48. The van der Waals surface area contributed by atoms with Crippen LogP contribution in [-0.2, 0) is 9.53 Å². The van der Waals surface area contributed by atoms with Crippen LogP contribution in [0.5, 0.6) is 0 Å². The van der Waals surface area contributed by atoms with Crippen molar-refractivity contribution in [2.24, 2.45) is 5.92 Å². The first-order valence-electron chi connectivity index (χ1n) is 5.63. The molecule has 1 aliphatic rings. The molecule has 2 N–H and O–H groups in total. The Morgan fingerprint density at radius 2 is 2.33 bits per heavy atom. The first-order valence-corrected chi connectivity index (χ1v) is 5.63. The summed E-state index contributed by atoms with van der Waals surface area (Å²) in [6.45, 7) is 9.11. The van der Waals surface area contributed by atoms with Crippen LogP contribution in [0.4, 0.5) is 0 Å². The molecule has 15 heavy (non-hydrogen) atoms. The molecular formula is C11H22N2O2. The number of ether oxygens (including phenoxy) is 1. The van der Waals surface area contributed by atoms with Crippen molar-refractivity contribution in [2.45, 2.75) is 32.8 Å². The van der Waals surface area contributed by atoms with Crippen LogP contribution in [0.25, 0.3) is 0 Å². The molecular weight excluding hydrogens is 192 g/mol. The molecule has 1 rings (SSSR count). The van der Waals surface area contributed by atoms with Gasteiger partial charge in [-0.3, -0.25) is 4.79 Å². The van der Waals surface area contributed by atoms with E-state index < -0.39 is 0 Å². The maximum absolute atomic E-state index is 11.5. The molecule has 0 saturated carbocycles. The topological polar surface area (TPSA) is 50.4 Å². The smallest absolute Gasteiger partial charge is 0.220 e. The quantitative estimate of drug-likeness (QED) is 0.717. The van der Waals surface area contributed by atoms with Crippen molar-refractivity contribution in [1.82, 2.24) is 10.6 Å². The van der Waals surface area contributed by atoms with Gasteiger partial charge < -0.3 is 15.4 Å². The third kappa shape index (κ3) is 4.62. The normalized spacial score (nSPS) is 26.7. The predicted molar refractivity (Wildman–Crippen MR) is 59.7 cm³/mol. The third-order valence-corrected chi connectivity index (χ3v) is 2.48. The van der Waals surface area contributed by atoms with Crippen LogP contribution in [0.15, 0.2) is 0 Å². The average Bonchev–Trinajstić information content (AvgIpc) is 2.15. The van der Waals surface area contributed by atoms with Gasteiger partial charge in [0.15, 0.2) is 0 Å². The van der Waals surface area contributed by atoms with Crippen LogP contribution in [0.1, 0.15) is 27.2 Å².